The predicted octanol–water partition coefficient (Wildman–Crippen LogP) is 1.49. The molecule has 1 N–H and O–H groups in total. The first-order valence-electron chi connectivity index (χ1n) is 7.05. The minimum atomic E-state index is -0.273. The summed E-state index contributed by atoms with van der Waals surface area (Å²) in [7, 11) is 6.78. The molecule has 7 nitrogen and oxygen atoms in total. The van der Waals surface area contributed by atoms with Crippen LogP contribution in [-0.4, -0.2) is 44.2 Å². The Morgan fingerprint density at radius 3 is 2.65 bits per heavy atom. The van der Waals surface area contributed by atoms with Gasteiger partial charge in [0.05, 0.1) is 14.2 Å². The first kappa shape index (κ1) is 16.5. The zero-order valence-corrected chi connectivity index (χ0v) is 13.7. The molecule has 2 aromatic rings. The van der Waals surface area contributed by atoms with Crippen molar-refractivity contribution < 1.29 is 14.3 Å². The van der Waals surface area contributed by atoms with E-state index in [0.29, 0.717) is 18.0 Å². The standard InChI is InChI=1S/C16H20N4O3/c1-20(2)14-11(6-5-9-17-14)10-18-15(21)12-7-8-13(22-3)19-16(12)23-4/h5-9H,10H2,1-4H3,(H,18,21). The van der Waals surface area contributed by atoms with E-state index in [1.807, 2.05) is 31.1 Å². The van der Waals surface area contributed by atoms with E-state index in [0.717, 1.165) is 11.4 Å². The van der Waals surface area contributed by atoms with Crippen molar-refractivity contribution in [3.63, 3.8) is 0 Å². The molecule has 122 valence electrons. The van der Waals surface area contributed by atoms with Crippen molar-refractivity contribution >= 4 is 11.7 Å². The quantitative estimate of drug-likeness (QED) is 0.870. The molecule has 2 aromatic heterocycles. The molecule has 0 spiro atoms. The van der Waals surface area contributed by atoms with Crippen molar-refractivity contribution in [3.8, 4) is 11.8 Å². The molecular weight excluding hydrogens is 296 g/mol. The van der Waals surface area contributed by atoms with Crippen LogP contribution in [0.15, 0.2) is 30.5 Å². The smallest absolute Gasteiger partial charge is 0.257 e. The van der Waals surface area contributed by atoms with Crippen molar-refractivity contribution in [1.82, 2.24) is 15.3 Å². The predicted molar refractivity (Wildman–Crippen MR) is 87.1 cm³/mol. The molecule has 0 unspecified atom stereocenters. The highest BCUT2D eigenvalue weighted by Crippen LogP contribution is 2.20. The molecule has 2 heterocycles. The molecular formula is C16H20N4O3. The van der Waals surface area contributed by atoms with Crippen molar-refractivity contribution in [2.75, 3.05) is 33.2 Å². The molecule has 0 radical (unpaired) electrons. The highest BCUT2D eigenvalue weighted by Gasteiger charge is 2.15. The molecule has 0 aliphatic heterocycles. The topological polar surface area (TPSA) is 76.6 Å². The van der Waals surface area contributed by atoms with Crippen molar-refractivity contribution in [2.45, 2.75) is 6.54 Å². The minimum Gasteiger partial charge on any atom is -0.481 e. The summed E-state index contributed by atoms with van der Waals surface area (Å²) in [6.07, 6.45) is 1.72. The second-order valence-corrected chi connectivity index (χ2v) is 4.97. The summed E-state index contributed by atoms with van der Waals surface area (Å²) in [4.78, 5) is 22.7. The van der Waals surface area contributed by atoms with E-state index >= 15 is 0 Å². The zero-order chi connectivity index (χ0) is 16.8. The SMILES string of the molecule is COc1ccc(C(=O)NCc2cccnc2N(C)C)c(OC)n1. The first-order chi connectivity index (χ1) is 11.1. The van der Waals surface area contributed by atoms with E-state index in [9.17, 15) is 4.79 Å². The van der Waals surface area contributed by atoms with Crippen LogP contribution in [0.2, 0.25) is 0 Å². The van der Waals surface area contributed by atoms with Crippen LogP contribution in [0.3, 0.4) is 0 Å². The average Bonchev–Trinajstić information content (AvgIpc) is 2.59. The molecule has 23 heavy (non-hydrogen) atoms. The fourth-order valence-electron chi connectivity index (χ4n) is 2.11. The van der Waals surface area contributed by atoms with Gasteiger partial charge in [0.15, 0.2) is 0 Å². The number of hydrogen-bond acceptors (Lipinski definition) is 6. The van der Waals surface area contributed by atoms with E-state index in [1.165, 1.54) is 14.2 Å². The van der Waals surface area contributed by atoms with Gasteiger partial charge in [-0.05, 0) is 12.1 Å². The number of nitrogens with zero attached hydrogens (tertiary/aromatic N) is 3. The lowest BCUT2D eigenvalue weighted by atomic mass is 10.2. The fraction of sp³-hybridized carbons (Fsp3) is 0.312. The maximum absolute atomic E-state index is 12.4. The molecule has 0 aromatic carbocycles. The van der Waals surface area contributed by atoms with Crippen LogP contribution in [0.5, 0.6) is 11.8 Å². The Balaban J connectivity index is 2.14. The van der Waals surface area contributed by atoms with Gasteiger partial charge in [0.1, 0.15) is 11.4 Å². The number of aromatic nitrogens is 2. The Labute approximate surface area is 135 Å². The van der Waals surface area contributed by atoms with Crippen molar-refractivity contribution in [2.24, 2.45) is 0 Å². The third-order valence-corrected chi connectivity index (χ3v) is 3.21. The van der Waals surface area contributed by atoms with Gasteiger partial charge in [0, 0.05) is 38.5 Å². The number of anilines is 1. The Kier molecular flexibility index (Phi) is 5.35. The van der Waals surface area contributed by atoms with E-state index in [-0.39, 0.29) is 11.8 Å². The number of pyridine rings is 2. The lowest BCUT2D eigenvalue weighted by molar-refractivity contribution is 0.0947. The number of amides is 1. The van der Waals surface area contributed by atoms with Crippen LogP contribution >= 0.6 is 0 Å². The Bertz CT molecular complexity index is 689. The number of rotatable bonds is 6. The summed E-state index contributed by atoms with van der Waals surface area (Å²) in [6.45, 7) is 0.357. The van der Waals surface area contributed by atoms with Crippen molar-refractivity contribution in [3.05, 3.63) is 41.6 Å². The lowest BCUT2D eigenvalue weighted by Gasteiger charge is -2.16. The maximum atomic E-state index is 12.4. The average molecular weight is 316 g/mol. The highest BCUT2D eigenvalue weighted by molar-refractivity contribution is 5.96. The minimum absolute atomic E-state index is 0.223. The van der Waals surface area contributed by atoms with E-state index in [2.05, 4.69) is 15.3 Å². The third kappa shape index (κ3) is 3.88. The van der Waals surface area contributed by atoms with Crippen LogP contribution < -0.4 is 19.7 Å². The summed E-state index contributed by atoms with van der Waals surface area (Å²) < 4.78 is 10.2. The number of carbonyl (C=O) groups is 1. The van der Waals surface area contributed by atoms with Gasteiger partial charge in [-0.25, -0.2) is 4.98 Å². The molecule has 2 rings (SSSR count). The van der Waals surface area contributed by atoms with Gasteiger partial charge in [0.2, 0.25) is 11.8 Å². The molecule has 7 heteroatoms. The number of methoxy groups -OCH3 is 2. The highest BCUT2D eigenvalue weighted by atomic mass is 16.5. The molecule has 0 bridgehead atoms. The molecule has 0 aliphatic rings. The normalized spacial score (nSPS) is 10.1. The van der Waals surface area contributed by atoms with Crippen molar-refractivity contribution in [1.29, 1.82) is 0 Å². The number of ether oxygens (including phenoxy) is 2. The summed E-state index contributed by atoms with van der Waals surface area (Å²) in [5.41, 5.74) is 1.27. The van der Waals surface area contributed by atoms with E-state index in [1.54, 1.807) is 18.3 Å². The zero-order valence-electron chi connectivity index (χ0n) is 13.7. The second kappa shape index (κ2) is 7.44. The van der Waals surface area contributed by atoms with Gasteiger partial charge in [0.25, 0.3) is 5.91 Å². The molecule has 0 aliphatic carbocycles. The largest absolute Gasteiger partial charge is 0.481 e. The summed E-state index contributed by atoms with van der Waals surface area (Å²) in [5, 5.41) is 2.86. The summed E-state index contributed by atoms with van der Waals surface area (Å²) in [5.74, 6) is 1.15. The Hall–Kier alpha value is -2.83. The monoisotopic (exact) mass is 316 g/mol. The summed E-state index contributed by atoms with van der Waals surface area (Å²) in [6, 6.07) is 7.00. The Morgan fingerprint density at radius 2 is 2.00 bits per heavy atom. The molecule has 0 saturated carbocycles. The van der Waals surface area contributed by atoms with Gasteiger partial charge >= 0.3 is 0 Å². The summed E-state index contributed by atoms with van der Waals surface area (Å²) >= 11 is 0. The van der Waals surface area contributed by atoms with E-state index in [4.69, 9.17) is 9.47 Å². The molecule has 0 saturated heterocycles. The van der Waals surface area contributed by atoms with E-state index < -0.39 is 0 Å². The van der Waals surface area contributed by atoms with Gasteiger partial charge < -0.3 is 19.7 Å². The second-order valence-electron chi connectivity index (χ2n) is 4.97. The number of carbonyl (C=O) groups excluding carboxylic acids is 1. The maximum Gasteiger partial charge on any atom is 0.257 e. The van der Waals surface area contributed by atoms with Gasteiger partial charge in [-0.3, -0.25) is 4.79 Å². The lowest BCUT2D eigenvalue weighted by Crippen LogP contribution is -2.25. The van der Waals surface area contributed by atoms with Gasteiger partial charge in [-0.15, -0.1) is 0 Å². The third-order valence-electron chi connectivity index (χ3n) is 3.21. The number of nitrogens with one attached hydrogen (secondary N) is 1. The van der Waals surface area contributed by atoms with Crippen LogP contribution in [0.25, 0.3) is 0 Å². The van der Waals surface area contributed by atoms with Gasteiger partial charge in [-0.2, -0.15) is 4.98 Å². The van der Waals surface area contributed by atoms with Gasteiger partial charge in [-0.1, -0.05) is 6.07 Å². The van der Waals surface area contributed by atoms with Crippen LogP contribution in [-0.2, 0) is 6.54 Å². The molecule has 0 atom stereocenters. The van der Waals surface area contributed by atoms with Crippen LogP contribution in [0.4, 0.5) is 5.82 Å². The first-order valence-corrected chi connectivity index (χ1v) is 7.05. The Morgan fingerprint density at radius 1 is 1.22 bits per heavy atom. The fourth-order valence-corrected chi connectivity index (χ4v) is 2.11. The molecule has 1 amide bonds. The molecule has 0 fully saturated rings. The van der Waals surface area contributed by atoms with Crippen LogP contribution in [0, 0.1) is 0 Å². The number of hydrogen-bond donors (Lipinski definition) is 1. The van der Waals surface area contributed by atoms with Crippen LogP contribution in [0.1, 0.15) is 15.9 Å².